The van der Waals surface area contributed by atoms with Gasteiger partial charge in [0, 0.05) is 37.7 Å². The molecule has 8 heteroatoms. The maximum Gasteiger partial charge on any atom is 0.191 e. The maximum atomic E-state index is 13.3. The number of hydrogen-bond donors (Lipinski definition) is 2. The predicted octanol–water partition coefficient (Wildman–Crippen LogP) is 4.30. The topological polar surface area (TPSA) is 64.1 Å². The summed E-state index contributed by atoms with van der Waals surface area (Å²) in [6.07, 6.45) is 0.888. The van der Waals surface area contributed by atoms with Gasteiger partial charge in [-0.15, -0.1) is 24.0 Å². The molecule has 0 aromatic heterocycles. The van der Waals surface area contributed by atoms with Gasteiger partial charge in [0.25, 0.3) is 0 Å². The van der Waals surface area contributed by atoms with Crippen LogP contribution in [0.15, 0.2) is 47.5 Å². The van der Waals surface area contributed by atoms with Crippen molar-refractivity contribution in [3.63, 3.8) is 0 Å². The molecule has 3 rings (SSSR count). The third-order valence-electron chi connectivity index (χ3n) is 5.08. The number of hydrogen-bond acceptors (Lipinski definition) is 4. The summed E-state index contributed by atoms with van der Waals surface area (Å²) in [5, 5.41) is 6.57. The number of ether oxygens (including phenoxy) is 3. The summed E-state index contributed by atoms with van der Waals surface area (Å²) >= 11 is 0. The molecule has 32 heavy (non-hydrogen) atoms. The van der Waals surface area contributed by atoms with Crippen LogP contribution >= 0.6 is 24.0 Å². The molecule has 2 aromatic carbocycles. The molecule has 2 N–H and O–H groups in total. The molecule has 1 fully saturated rings. The molecule has 0 saturated carbocycles. The molecule has 2 aromatic rings. The standard InChI is InChI=1S/C24H32FN3O3.HI/c1-17-7-8-20(23(11-17)30-16-19-9-10-29-15-19)14-28-24(26-3)27-13-18(2)31-22-6-4-5-21(25)12-22;/h4-8,11-12,18-19H,9-10,13-16H2,1-3H3,(H2,26,27,28);1H. The second-order valence-corrected chi connectivity index (χ2v) is 7.84. The Hall–Kier alpha value is -2.07. The summed E-state index contributed by atoms with van der Waals surface area (Å²) in [6, 6.07) is 12.4. The number of nitrogens with zero attached hydrogens (tertiary/aromatic N) is 1. The molecule has 2 unspecified atom stereocenters. The van der Waals surface area contributed by atoms with E-state index in [1.54, 1.807) is 19.2 Å². The summed E-state index contributed by atoms with van der Waals surface area (Å²) in [4.78, 5) is 4.27. The first-order valence-electron chi connectivity index (χ1n) is 10.7. The van der Waals surface area contributed by atoms with Crippen LogP contribution in [0.1, 0.15) is 24.5 Å². The highest BCUT2D eigenvalue weighted by molar-refractivity contribution is 14.0. The van der Waals surface area contributed by atoms with Gasteiger partial charge in [0.15, 0.2) is 5.96 Å². The second kappa shape index (κ2) is 13.5. The molecular weight excluding hydrogens is 524 g/mol. The predicted molar refractivity (Wildman–Crippen MR) is 136 cm³/mol. The van der Waals surface area contributed by atoms with Gasteiger partial charge in [-0.1, -0.05) is 18.2 Å². The smallest absolute Gasteiger partial charge is 0.191 e. The minimum Gasteiger partial charge on any atom is -0.493 e. The number of rotatable bonds is 9. The highest BCUT2D eigenvalue weighted by atomic mass is 127. The van der Waals surface area contributed by atoms with Crippen molar-refractivity contribution in [1.82, 2.24) is 10.6 Å². The Morgan fingerprint density at radius 3 is 2.81 bits per heavy atom. The van der Waals surface area contributed by atoms with Crippen molar-refractivity contribution in [2.45, 2.75) is 32.9 Å². The zero-order valence-electron chi connectivity index (χ0n) is 18.9. The van der Waals surface area contributed by atoms with E-state index < -0.39 is 0 Å². The average Bonchev–Trinajstić information content (AvgIpc) is 3.27. The van der Waals surface area contributed by atoms with E-state index >= 15 is 0 Å². The highest BCUT2D eigenvalue weighted by Gasteiger charge is 2.17. The van der Waals surface area contributed by atoms with Crippen molar-refractivity contribution in [3.05, 3.63) is 59.4 Å². The maximum absolute atomic E-state index is 13.3. The molecule has 0 amide bonds. The third kappa shape index (κ3) is 8.46. The Balaban J connectivity index is 0.00000363. The van der Waals surface area contributed by atoms with Crippen LogP contribution in [0.4, 0.5) is 4.39 Å². The Bertz CT molecular complexity index is 875. The van der Waals surface area contributed by atoms with Gasteiger partial charge in [-0.2, -0.15) is 0 Å². The van der Waals surface area contributed by atoms with Crippen LogP contribution in [-0.2, 0) is 11.3 Å². The molecule has 1 aliphatic heterocycles. The normalized spacial score (nSPS) is 16.8. The number of nitrogens with one attached hydrogen (secondary N) is 2. The Kier molecular flexibility index (Phi) is 11.0. The monoisotopic (exact) mass is 557 g/mol. The largest absolute Gasteiger partial charge is 0.493 e. The Morgan fingerprint density at radius 1 is 1.25 bits per heavy atom. The van der Waals surface area contributed by atoms with E-state index in [0.29, 0.717) is 37.3 Å². The van der Waals surface area contributed by atoms with E-state index in [4.69, 9.17) is 14.2 Å². The minimum atomic E-state index is -0.313. The summed E-state index contributed by atoms with van der Waals surface area (Å²) in [7, 11) is 1.72. The fraction of sp³-hybridized carbons (Fsp3) is 0.458. The molecule has 0 bridgehead atoms. The van der Waals surface area contributed by atoms with Crippen LogP contribution in [0.25, 0.3) is 0 Å². The number of aryl methyl sites for hydroxylation is 1. The van der Waals surface area contributed by atoms with Gasteiger partial charge in [0.05, 0.1) is 19.8 Å². The SMILES string of the molecule is CN=C(NCc1ccc(C)cc1OCC1CCOC1)NCC(C)Oc1cccc(F)c1.I. The molecule has 0 spiro atoms. The van der Waals surface area contributed by atoms with Crippen LogP contribution in [-0.4, -0.2) is 45.5 Å². The van der Waals surface area contributed by atoms with Gasteiger partial charge in [-0.25, -0.2) is 4.39 Å². The molecule has 1 heterocycles. The molecule has 0 aliphatic carbocycles. The number of guanidine groups is 1. The van der Waals surface area contributed by atoms with E-state index in [1.165, 1.54) is 12.1 Å². The summed E-state index contributed by atoms with van der Waals surface area (Å²) in [6.45, 7) is 7.33. The van der Waals surface area contributed by atoms with Crippen molar-refractivity contribution in [3.8, 4) is 11.5 Å². The first kappa shape index (κ1) is 26.2. The number of halogens is 2. The molecule has 176 valence electrons. The zero-order valence-corrected chi connectivity index (χ0v) is 21.2. The van der Waals surface area contributed by atoms with E-state index in [-0.39, 0.29) is 35.9 Å². The second-order valence-electron chi connectivity index (χ2n) is 7.84. The van der Waals surface area contributed by atoms with Crippen molar-refractivity contribution in [2.75, 3.05) is 33.4 Å². The first-order chi connectivity index (χ1) is 15.0. The van der Waals surface area contributed by atoms with Crippen LogP contribution < -0.4 is 20.1 Å². The highest BCUT2D eigenvalue weighted by Crippen LogP contribution is 2.22. The lowest BCUT2D eigenvalue weighted by atomic mass is 10.1. The van der Waals surface area contributed by atoms with Crippen molar-refractivity contribution >= 4 is 29.9 Å². The average molecular weight is 557 g/mol. The first-order valence-corrected chi connectivity index (χ1v) is 10.7. The minimum absolute atomic E-state index is 0. The lowest BCUT2D eigenvalue weighted by Crippen LogP contribution is -2.41. The van der Waals surface area contributed by atoms with Crippen LogP contribution in [0.3, 0.4) is 0 Å². The van der Waals surface area contributed by atoms with Crippen molar-refractivity contribution < 1.29 is 18.6 Å². The van der Waals surface area contributed by atoms with E-state index in [0.717, 1.165) is 36.5 Å². The molecule has 1 aliphatic rings. The Labute approximate surface area is 207 Å². The summed E-state index contributed by atoms with van der Waals surface area (Å²) in [5.74, 6) is 2.19. The van der Waals surface area contributed by atoms with Gasteiger partial charge >= 0.3 is 0 Å². The lowest BCUT2D eigenvalue weighted by Gasteiger charge is -2.19. The summed E-state index contributed by atoms with van der Waals surface area (Å²) in [5.41, 5.74) is 2.23. The van der Waals surface area contributed by atoms with Gasteiger partial charge in [-0.05, 0) is 44.0 Å². The van der Waals surface area contributed by atoms with Crippen molar-refractivity contribution in [1.29, 1.82) is 0 Å². The van der Waals surface area contributed by atoms with E-state index in [1.807, 2.05) is 6.92 Å². The van der Waals surface area contributed by atoms with Crippen molar-refractivity contribution in [2.24, 2.45) is 10.9 Å². The van der Waals surface area contributed by atoms with E-state index in [2.05, 4.69) is 40.7 Å². The molecular formula is C24H33FIN3O3. The van der Waals surface area contributed by atoms with E-state index in [9.17, 15) is 4.39 Å². The number of aliphatic imine (C=N–C) groups is 1. The van der Waals surface area contributed by atoms with Crippen LogP contribution in [0.2, 0.25) is 0 Å². The Morgan fingerprint density at radius 2 is 2.09 bits per heavy atom. The van der Waals surface area contributed by atoms with Gasteiger partial charge < -0.3 is 24.8 Å². The van der Waals surface area contributed by atoms with Crippen LogP contribution in [0, 0.1) is 18.7 Å². The molecule has 2 atom stereocenters. The lowest BCUT2D eigenvalue weighted by molar-refractivity contribution is 0.166. The van der Waals surface area contributed by atoms with Gasteiger partial charge in [0.2, 0.25) is 0 Å². The number of benzene rings is 2. The third-order valence-corrected chi connectivity index (χ3v) is 5.08. The molecule has 6 nitrogen and oxygen atoms in total. The summed E-state index contributed by atoms with van der Waals surface area (Å²) < 4.78 is 30.6. The van der Waals surface area contributed by atoms with Gasteiger partial charge in [0.1, 0.15) is 23.4 Å². The van der Waals surface area contributed by atoms with Crippen LogP contribution in [0.5, 0.6) is 11.5 Å². The zero-order chi connectivity index (χ0) is 22.1. The molecule has 0 radical (unpaired) electrons. The molecule has 1 saturated heterocycles. The quantitative estimate of drug-likeness (QED) is 0.274. The fourth-order valence-corrected chi connectivity index (χ4v) is 3.32. The van der Waals surface area contributed by atoms with Gasteiger partial charge in [-0.3, -0.25) is 4.99 Å². The fourth-order valence-electron chi connectivity index (χ4n) is 3.32.